The van der Waals surface area contributed by atoms with Gasteiger partial charge in [-0.15, -0.1) is 0 Å². The van der Waals surface area contributed by atoms with Crippen LogP contribution in [0.2, 0.25) is 5.02 Å². The van der Waals surface area contributed by atoms with Gasteiger partial charge in [0.1, 0.15) is 11.5 Å². The lowest BCUT2D eigenvalue weighted by Gasteiger charge is -2.54. The molecule has 9 heteroatoms. The molecule has 2 aliphatic heterocycles. The summed E-state index contributed by atoms with van der Waals surface area (Å²) in [6.07, 6.45) is 8.93. The van der Waals surface area contributed by atoms with E-state index in [2.05, 4.69) is 31.1 Å². The van der Waals surface area contributed by atoms with Gasteiger partial charge < -0.3 is 15.3 Å². The third kappa shape index (κ3) is 5.83. The van der Waals surface area contributed by atoms with Crippen LogP contribution in [0.4, 0.5) is 5.82 Å². The smallest absolute Gasteiger partial charge is 0.271 e. The normalized spacial score (nSPS) is 23.3. The van der Waals surface area contributed by atoms with E-state index in [9.17, 15) is 9.90 Å². The van der Waals surface area contributed by atoms with Gasteiger partial charge in [-0.05, 0) is 75.9 Å². The second-order valence-corrected chi connectivity index (χ2v) is 11.4. The highest BCUT2D eigenvalue weighted by atomic mass is 35.5. The summed E-state index contributed by atoms with van der Waals surface area (Å²) < 4.78 is 0. The lowest BCUT2D eigenvalue weighted by molar-refractivity contribution is 0.0299. The Morgan fingerprint density at radius 3 is 2.55 bits per heavy atom. The van der Waals surface area contributed by atoms with Crippen LogP contribution >= 0.6 is 11.6 Å². The van der Waals surface area contributed by atoms with Gasteiger partial charge in [0, 0.05) is 49.3 Å². The minimum absolute atomic E-state index is 0.0260. The maximum absolute atomic E-state index is 12.2. The molecule has 3 aliphatic rings. The van der Waals surface area contributed by atoms with Crippen LogP contribution < -0.4 is 10.2 Å². The first-order valence-electron chi connectivity index (χ1n) is 14.2. The fourth-order valence-corrected chi connectivity index (χ4v) is 6.97. The van der Waals surface area contributed by atoms with Gasteiger partial charge in [-0.2, -0.15) is 0 Å². The highest BCUT2D eigenvalue weighted by molar-refractivity contribution is 6.30. The zero-order chi connectivity index (χ0) is 26.6. The van der Waals surface area contributed by atoms with Crippen LogP contribution in [0.5, 0.6) is 0 Å². The largest absolute Gasteiger partial charge is 0.392 e. The van der Waals surface area contributed by atoms with Crippen LogP contribution in [-0.4, -0.2) is 81.6 Å². The fraction of sp³-hybridized carbons (Fsp3) is 0.621. The van der Waals surface area contributed by atoms with Crippen molar-refractivity contribution in [3.63, 3.8) is 0 Å². The Balaban J connectivity index is 1.24. The number of fused-ring (bicyclic) bond motifs is 1. The van der Waals surface area contributed by atoms with Gasteiger partial charge in [0.2, 0.25) is 0 Å². The summed E-state index contributed by atoms with van der Waals surface area (Å²) in [6.45, 7) is 9.49. The van der Waals surface area contributed by atoms with Crippen molar-refractivity contribution in [3.8, 4) is 0 Å². The molecule has 38 heavy (non-hydrogen) atoms. The second kappa shape index (κ2) is 12.3. The minimum Gasteiger partial charge on any atom is -0.392 e. The first-order valence-corrected chi connectivity index (χ1v) is 14.6. The van der Waals surface area contributed by atoms with Gasteiger partial charge in [-0.3, -0.25) is 14.6 Å². The molecule has 1 amide bonds. The highest BCUT2D eigenvalue weighted by Crippen LogP contribution is 2.36. The summed E-state index contributed by atoms with van der Waals surface area (Å²) in [6, 6.07) is 7.45. The number of hydrogen-bond acceptors (Lipinski definition) is 7. The van der Waals surface area contributed by atoms with Crippen molar-refractivity contribution in [2.75, 3.05) is 37.6 Å². The summed E-state index contributed by atoms with van der Waals surface area (Å²) >= 11 is 6.13. The molecular formula is C29H41ClN6O2. The summed E-state index contributed by atoms with van der Waals surface area (Å²) in [7, 11) is 0. The Bertz CT molecular complexity index is 1120. The zero-order valence-corrected chi connectivity index (χ0v) is 23.5. The average molecular weight is 541 g/mol. The third-order valence-electron chi connectivity index (χ3n) is 8.64. The number of piperazine rings is 1. The third-order valence-corrected chi connectivity index (χ3v) is 8.88. The highest BCUT2D eigenvalue weighted by Gasteiger charge is 2.42. The molecule has 2 saturated heterocycles. The molecule has 3 heterocycles. The van der Waals surface area contributed by atoms with Gasteiger partial charge in [0.05, 0.1) is 18.5 Å². The number of piperidine rings is 1. The first-order chi connectivity index (χ1) is 18.5. The number of amides is 1. The zero-order valence-electron chi connectivity index (χ0n) is 22.7. The lowest BCUT2D eigenvalue weighted by Crippen LogP contribution is -2.64. The van der Waals surface area contributed by atoms with Crippen molar-refractivity contribution in [2.24, 2.45) is 0 Å². The van der Waals surface area contributed by atoms with Gasteiger partial charge in [-0.1, -0.05) is 30.5 Å². The van der Waals surface area contributed by atoms with Crippen LogP contribution in [0, 0.1) is 6.92 Å². The molecule has 0 spiro atoms. The van der Waals surface area contributed by atoms with Gasteiger partial charge in [-0.25, -0.2) is 9.97 Å². The minimum atomic E-state index is -0.162. The molecular weight excluding hydrogens is 500 g/mol. The van der Waals surface area contributed by atoms with E-state index in [1.165, 1.54) is 44.1 Å². The maximum atomic E-state index is 12.2. The molecule has 2 N–H and O–H groups in total. The molecule has 3 fully saturated rings. The molecule has 2 aromatic rings. The molecule has 2 atom stereocenters. The number of benzene rings is 1. The molecule has 1 saturated carbocycles. The number of halogens is 1. The molecule has 0 radical (unpaired) electrons. The molecule has 1 aliphatic carbocycles. The molecule has 1 aromatic heterocycles. The fourth-order valence-electron chi connectivity index (χ4n) is 6.78. The van der Waals surface area contributed by atoms with Crippen molar-refractivity contribution < 1.29 is 9.90 Å². The molecule has 5 rings (SSSR count). The van der Waals surface area contributed by atoms with Crippen LogP contribution in [0.25, 0.3) is 0 Å². The summed E-state index contributed by atoms with van der Waals surface area (Å²) in [5.41, 5.74) is 3.33. The number of rotatable bonds is 7. The first kappa shape index (κ1) is 27.3. The Hall–Kier alpha value is -2.26. The number of aliphatic hydroxyl groups excluding tert-OH is 1. The van der Waals surface area contributed by atoms with Crippen LogP contribution in [0.1, 0.15) is 72.8 Å². The van der Waals surface area contributed by atoms with Crippen molar-refractivity contribution in [1.82, 2.24) is 25.1 Å². The standard InChI is InChI=1S/C29H41ClN6O2/c1-3-31-29(38)25-17-32-28(20(2)33-25)36-15-14-35(26-6-4-5-7-27(26)36)24-10-12-34(13-11-24)18-21-8-9-23(30)16-22(21)19-37/h8-9,16-17,24,26-27,37H,3-7,10-15,18-19H2,1-2H3,(H,31,38)/t26-,27+/m0/s1. The maximum Gasteiger partial charge on any atom is 0.271 e. The number of anilines is 1. The molecule has 0 bridgehead atoms. The number of aryl methyl sites for hydroxylation is 1. The predicted octanol–water partition coefficient (Wildman–Crippen LogP) is 3.78. The van der Waals surface area contributed by atoms with Crippen molar-refractivity contribution in [3.05, 3.63) is 51.9 Å². The number of carbonyl (C=O) groups is 1. The molecule has 1 aromatic carbocycles. The van der Waals surface area contributed by atoms with E-state index < -0.39 is 0 Å². The van der Waals surface area contributed by atoms with Gasteiger partial charge >= 0.3 is 0 Å². The summed E-state index contributed by atoms with van der Waals surface area (Å²) in [5.74, 6) is 0.775. The van der Waals surface area contributed by atoms with Gasteiger partial charge in [0.15, 0.2) is 0 Å². The SMILES string of the molecule is CCNC(=O)c1cnc(N2CCN(C3CCN(Cc4ccc(Cl)cc4CO)CC3)[C@H]3CCCC[C@H]32)c(C)n1. The van der Waals surface area contributed by atoms with Crippen molar-refractivity contribution in [1.29, 1.82) is 0 Å². The lowest BCUT2D eigenvalue weighted by atomic mass is 9.84. The van der Waals surface area contributed by atoms with Crippen LogP contribution in [0.15, 0.2) is 24.4 Å². The number of nitrogens with zero attached hydrogens (tertiary/aromatic N) is 5. The number of aliphatic hydroxyl groups is 1. The predicted molar refractivity (Wildman–Crippen MR) is 151 cm³/mol. The Kier molecular flexibility index (Phi) is 8.83. The van der Waals surface area contributed by atoms with Crippen LogP contribution in [-0.2, 0) is 13.2 Å². The van der Waals surface area contributed by atoms with Gasteiger partial charge in [0.25, 0.3) is 5.91 Å². The topological polar surface area (TPSA) is 84.8 Å². The van der Waals surface area contributed by atoms with E-state index >= 15 is 0 Å². The van der Waals surface area contributed by atoms with Crippen LogP contribution in [0.3, 0.4) is 0 Å². The van der Waals surface area contributed by atoms with Crippen molar-refractivity contribution in [2.45, 2.75) is 83.6 Å². The number of carbonyl (C=O) groups excluding carboxylic acids is 1. The van der Waals surface area contributed by atoms with E-state index in [0.29, 0.717) is 35.4 Å². The Morgan fingerprint density at radius 2 is 1.84 bits per heavy atom. The number of aromatic nitrogens is 2. The molecule has 206 valence electrons. The number of likely N-dealkylation sites (tertiary alicyclic amines) is 1. The van der Waals surface area contributed by atoms with Crippen molar-refractivity contribution >= 4 is 23.3 Å². The van der Waals surface area contributed by atoms with E-state index in [-0.39, 0.29) is 12.5 Å². The van der Waals surface area contributed by atoms with E-state index in [1.807, 2.05) is 26.0 Å². The van der Waals surface area contributed by atoms with E-state index in [0.717, 1.165) is 49.8 Å². The van der Waals surface area contributed by atoms with E-state index in [1.54, 1.807) is 6.20 Å². The molecule has 0 unspecified atom stereocenters. The molecule has 8 nitrogen and oxygen atoms in total. The monoisotopic (exact) mass is 540 g/mol. The Morgan fingerprint density at radius 1 is 1.08 bits per heavy atom. The second-order valence-electron chi connectivity index (χ2n) is 11.0. The quantitative estimate of drug-likeness (QED) is 0.553. The summed E-state index contributed by atoms with van der Waals surface area (Å²) in [5, 5.41) is 13.3. The Labute approximate surface area is 231 Å². The summed E-state index contributed by atoms with van der Waals surface area (Å²) in [4.78, 5) is 29.4. The average Bonchev–Trinajstić information content (AvgIpc) is 2.94. The van der Waals surface area contributed by atoms with E-state index in [4.69, 9.17) is 16.6 Å². The number of hydrogen-bond donors (Lipinski definition) is 2. The number of nitrogens with one attached hydrogen (secondary N) is 1.